The van der Waals surface area contributed by atoms with Crippen LogP contribution in [-0.2, 0) is 9.73 Å². The van der Waals surface area contributed by atoms with Crippen LogP contribution in [0.2, 0.25) is 18.1 Å². The molecule has 0 aliphatic rings. The lowest BCUT2D eigenvalue weighted by molar-refractivity contribution is 0.415. The number of methoxy groups -OCH3 is 1. The molecule has 0 saturated carbocycles. The highest BCUT2D eigenvalue weighted by Crippen LogP contribution is 2.38. The molecular weight excluding hydrogens is 424 g/mol. The smallest absolute Gasteiger partial charge is 0.193 e. The highest BCUT2D eigenvalue weighted by atomic mass is 32.2. The van der Waals surface area contributed by atoms with Crippen molar-refractivity contribution in [2.24, 2.45) is 4.03 Å². The van der Waals surface area contributed by atoms with Gasteiger partial charge in [0.15, 0.2) is 8.24 Å². The molecule has 0 bridgehead atoms. The molecule has 1 unspecified atom stereocenters. The van der Waals surface area contributed by atoms with Gasteiger partial charge in [0.1, 0.15) is 17.2 Å². The van der Waals surface area contributed by atoms with E-state index in [9.17, 15) is 4.21 Å². The Labute approximate surface area is 187 Å². The first-order chi connectivity index (χ1) is 14.5. The largest absolute Gasteiger partial charge is 0.497 e. The molecule has 1 aromatic heterocycles. The van der Waals surface area contributed by atoms with E-state index in [-0.39, 0.29) is 5.04 Å². The van der Waals surface area contributed by atoms with E-state index in [0.29, 0.717) is 17.3 Å². The average Bonchev–Trinajstić information content (AvgIpc) is 2.72. The quantitative estimate of drug-likeness (QED) is 0.379. The van der Waals surface area contributed by atoms with Crippen LogP contribution in [-0.4, -0.2) is 30.3 Å². The summed E-state index contributed by atoms with van der Waals surface area (Å²) < 4.78 is 30.1. The number of ether oxygens (including phenoxy) is 2. The molecule has 31 heavy (non-hydrogen) atoms. The van der Waals surface area contributed by atoms with Crippen LogP contribution in [0.15, 0.2) is 63.7 Å². The van der Waals surface area contributed by atoms with Crippen molar-refractivity contribution in [3.63, 3.8) is 0 Å². The summed E-state index contributed by atoms with van der Waals surface area (Å²) in [4.78, 5) is 5.16. The fourth-order valence-corrected chi connectivity index (χ4v) is 8.83. The lowest BCUT2D eigenvalue weighted by Crippen LogP contribution is -2.36. The number of hydrogen-bond acceptors (Lipinski definition) is 5. The van der Waals surface area contributed by atoms with Crippen molar-refractivity contribution in [3.8, 4) is 17.2 Å². The molecule has 0 radical (unpaired) electrons. The van der Waals surface area contributed by atoms with E-state index < -0.39 is 18.0 Å². The third-order valence-electron chi connectivity index (χ3n) is 5.93. The Morgan fingerprint density at radius 2 is 1.68 bits per heavy atom. The average molecular weight is 457 g/mol. The molecule has 3 aromatic rings. The van der Waals surface area contributed by atoms with Gasteiger partial charge < -0.3 is 9.47 Å². The second-order valence-corrected chi connectivity index (χ2v) is 16.8. The molecular formula is C24H32N2O3SSi. The first-order valence-electron chi connectivity index (χ1n) is 10.5. The Morgan fingerprint density at radius 1 is 1.03 bits per heavy atom. The number of fused-ring (bicyclic) bond motifs is 1. The van der Waals surface area contributed by atoms with Crippen molar-refractivity contribution in [2.45, 2.75) is 50.7 Å². The fourth-order valence-electron chi connectivity index (χ4n) is 2.95. The normalized spacial score (nSPS) is 14.2. The predicted octanol–water partition coefficient (Wildman–Crippen LogP) is 6.89. The summed E-state index contributed by atoms with van der Waals surface area (Å²) in [6.07, 6.45) is 1.72. The minimum Gasteiger partial charge on any atom is -0.497 e. The summed E-state index contributed by atoms with van der Waals surface area (Å²) in [5, 5.41) is 0.941. The van der Waals surface area contributed by atoms with Gasteiger partial charge in [-0.05, 0) is 60.6 Å². The first kappa shape index (κ1) is 23.3. The van der Waals surface area contributed by atoms with Gasteiger partial charge in [-0.25, -0.2) is 4.21 Å². The maximum atomic E-state index is 13.7. The lowest BCUT2D eigenvalue weighted by Gasteiger charge is -2.33. The van der Waals surface area contributed by atoms with Gasteiger partial charge in [-0.1, -0.05) is 27.7 Å². The van der Waals surface area contributed by atoms with Crippen molar-refractivity contribution in [1.82, 2.24) is 4.98 Å². The maximum absolute atomic E-state index is 13.7. The molecule has 0 fully saturated rings. The minimum atomic E-state index is -2.47. The van der Waals surface area contributed by atoms with Crippen molar-refractivity contribution in [2.75, 3.05) is 12.9 Å². The van der Waals surface area contributed by atoms with Crippen LogP contribution in [0.25, 0.3) is 10.9 Å². The van der Waals surface area contributed by atoms with Gasteiger partial charge in [0.05, 0.1) is 22.4 Å². The summed E-state index contributed by atoms with van der Waals surface area (Å²) >= 11 is 0. The zero-order valence-corrected chi connectivity index (χ0v) is 21.2. The van der Waals surface area contributed by atoms with Crippen LogP contribution < -0.4 is 9.47 Å². The molecule has 0 N–H and O–H groups in total. The molecule has 0 spiro atoms. The zero-order valence-electron chi connectivity index (χ0n) is 19.4. The SMILES string of the molecule is CCS(=O)(=N[Si](C)(C)C(C)(C)C)c1ccc(Oc2ccnc3cc(OC)ccc23)cc1. The second kappa shape index (κ2) is 8.63. The van der Waals surface area contributed by atoms with Gasteiger partial charge in [-0.15, -0.1) is 0 Å². The molecule has 1 heterocycles. The van der Waals surface area contributed by atoms with Crippen molar-refractivity contribution in [3.05, 3.63) is 54.7 Å². The monoisotopic (exact) mass is 456 g/mol. The molecule has 2 aromatic carbocycles. The van der Waals surface area contributed by atoms with Crippen LogP contribution in [0.4, 0.5) is 0 Å². The molecule has 3 rings (SSSR count). The maximum Gasteiger partial charge on any atom is 0.193 e. The Kier molecular flexibility index (Phi) is 6.48. The van der Waals surface area contributed by atoms with Gasteiger partial charge in [0.25, 0.3) is 0 Å². The van der Waals surface area contributed by atoms with Gasteiger partial charge in [0, 0.05) is 28.3 Å². The van der Waals surface area contributed by atoms with E-state index in [1.165, 1.54) is 0 Å². The topological polar surface area (TPSA) is 60.8 Å². The number of benzene rings is 2. The molecule has 0 saturated heterocycles. The summed E-state index contributed by atoms with van der Waals surface area (Å²) in [5.74, 6) is 2.64. The van der Waals surface area contributed by atoms with Crippen molar-refractivity contribution < 1.29 is 13.7 Å². The standard InChI is InChI=1S/C24H32N2O3SSi/c1-8-30(27,26-31(6,7)24(2,3)4)20-12-9-18(10-13-20)29-23-15-16-25-22-17-19(28-5)11-14-21(22)23/h9-17H,8H2,1-7H3. The zero-order chi connectivity index (χ0) is 22.9. The minimum absolute atomic E-state index is 0.0406. The Bertz CT molecular complexity index is 1190. The van der Waals surface area contributed by atoms with E-state index in [0.717, 1.165) is 21.5 Å². The van der Waals surface area contributed by atoms with Crippen molar-refractivity contribution in [1.29, 1.82) is 0 Å². The van der Waals surface area contributed by atoms with Gasteiger partial charge >= 0.3 is 0 Å². The number of rotatable bonds is 6. The van der Waals surface area contributed by atoms with Crippen LogP contribution in [0, 0.1) is 0 Å². The van der Waals surface area contributed by atoms with E-state index in [4.69, 9.17) is 13.5 Å². The Hall–Kier alpha value is -2.38. The lowest BCUT2D eigenvalue weighted by atomic mass is 10.2. The number of hydrogen-bond donors (Lipinski definition) is 0. The van der Waals surface area contributed by atoms with E-state index in [1.807, 2.05) is 55.5 Å². The Morgan fingerprint density at radius 3 is 2.26 bits per heavy atom. The highest BCUT2D eigenvalue weighted by molar-refractivity contribution is 7.94. The van der Waals surface area contributed by atoms with E-state index in [1.54, 1.807) is 13.3 Å². The summed E-state index contributed by atoms with van der Waals surface area (Å²) in [6.45, 7) is 12.9. The number of nitrogens with zero attached hydrogens (tertiary/aromatic N) is 2. The van der Waals surface area contributed by atoms with Crippen molar-refractivity contribution >= 4 is 28.9 Å². The fraction of sp³-hybridized carbons (Fsp3) is 0.375. The molecule has 5 nitrogen and oxygen atoms in total. The molecule has 0 aliphatic carbocycles. The second-order valence-electron chi connectivity index (χ2n) is 9.10. The summed E-state index contributed by atoms with van der Waals surface area (Å²) in [7, 11) is -2.89. The molecule has 166 valence electrons. The van der Waals surface area contributed by atoms with Gasteiger partial charge in [-0.3, -0.25) is 9.01 Å². The van der Waals surface area contributed by atoms with Crippen LogP contribution in [0.1, 0.15) is 27.7 Å². The van der Waals surface area contributed by atoms with Gasteiger partial charge in [0.2, 0.25) is 0 Å². The number of pyridine rings is 1. The number of aromatic nitrogens is 1. The predicted molar refractivity (Wildman–Crippen MR) is 131 cm³/mol. The van der Waals surface area contributed by atoms with E-state index in [2.05, 4.69) is 38.8 Å². The van der Waals surface area contributed by atoms with Crippen LogP contribution >= 0.6 is 0 Å². The third kappa shape index (κ3) is 4.93. The first-order valence-corrected chi connectivity index (χ1v) is 15.1. The molecule has 0 amide bonds. The summed E-state index contributed by atoms with van der Waals surface area (Å²) in [5.41, 5.74) is 0.802. The third-order valence-corrected chi connectivity index (χ3v) is 14.4. The highest BCUT2D eigenvalue weighted by Gasteiger charge is 2.37. The van der Waals surface area contributed by atoms with Crippen LogP contribution in [0.3, 0.4) is 0 Å². The molecule has 1 atom stereocenters. The van der Waals surface area contributed by atoms with Gasteiger partial charge in [-0.2, -0.15) is 0 Å². The van der Waals surface area contributed by atoms with E-state index >= 15 is 0 Å². The molecule has 7 heteroatoms. The van der Waals surface area contributed by atoms with Crippen LogP contribution in [0.5, 0.6) is 17.2 Å². The molecule has 0 aliphatic heterocycles. The summed E-state index contributed by atoms with van der Waals surface area (Å²) in [6, 6.07) is 15.0. The Balaban J connectivity index is 1.93.